The third kappa shape index (κ3) is 5.65. The molecule has 10 heteroatoms. The molecular formula is C28H41N5O5. The molecule has 10 nitrogen and oxygen atoms in total. The quantitative estimate of drug-likeness (QED) is 0.487. The first kappa shape index (κ1) is 27.9. The van der Waals surface area contributed by atoms with Crippen LogP contribution in [0.15, 0.2) is 18.2 Å². The van der Waals surface area contributed by atoms with Crippen LogP contribution in [0, 0.1) is 11.8 Å². The zero-order valence-electron chi connectivity index (χ0n) is 22.9. The van der Waals surface area contributed by atoms with E-state index < -0.39 is 29.9 Å². The van der Waals surface area contributed by atoms with Gasteiger partial charge >= 0.3 is 18.0 Å². The fourth-order valence-corrected chi connectivity index (χ4v) is 5.89. The second-order valence-corrected chi connectivity index (χ2v) is 11.3. The minimum Gasteiger partial charge on any atom is -0.480 e. The number of nitrogens with zero attached hydrogens (tertiary/aromatic N) is 3. The average Bonchev–Trinajstić information content (AvgIpc) is 2.90. The number of amides is 5. The first-order valence-corrected chi connectivity index (χ1v) is 13.8. The number of hydrogen-bond donors (Lipinski definition) is 3. The van der Waals surface area contributed by atoms with Crippen LogP contribution in [-0.2, 0) is 9.59 Å². The number of carboxylic acids is 1. The number of β-lactam (4-membered cyclic amide) rings is 1. The molecule has 0 spiro atoms. The van der Waals surface area contributed by atoms with Crippen molar-refractivity contribution in [3.63, 3.8) is 0 Å². The monoisotopic (exact) mass is 527 g/mol. The van der Waals surface area contributed by atoms with E-state index in [9.17, 15) is 24.3 Å². The molecule has 0 aromatic heterocycles. The van der Waals surface area contributed by atoms with Gasteiger partial charge in [-0.25, -0.2) is 19.3 Å². The van der Waals surface area contributed by atoms with Crippen LogP contribution in [-0.4, -0.2) is 89.1 Å². The van der Waals surface area contributed by atoms with Crippen molar-refractivity contribution in [2.75, 3.05) is 44.6 Å². The van der Waals surface area contributed by atoms with Crippen LogP contribution in [0.1, 0.15) is 69.9 Å². The summed E-state index contributed by atoms with van der Waals surface area (Å²) in [5.41, 5.74) is 3.00. The predicted octanol–water partition coefficient (Wildman–Crippen LogP) is 3.50. The van der Waals surface area contributed by atoms with Crippen LogP contribution >= 0.6 is 0 Å². The van der Waals surface area contributed by atoms with E-state index >= 15 is 0 Å². The van der Waals surface area contributed by atoms with Crippen LogP contribution < -0.4 is 10.6 Å². The number of hydrogen-bond acceptors (Lipinski definition) is 5. The minimum absolute atomic E-state index is 0.224. The Bertz CT molecular complexity index is 1030. The van der Waals surface area contributed by atoms with Gasteiger partial charge in [-0.1, -0.05) is 45.9 Å². The second-order valence-electron chi connectivity index (χ2n) is 11.3. The van der Waals surface area contributed by atoms with Crippen LogP contribution in [0.25, 0.3) is 0 Å². The number of piperazine rings is 1. The smallest absolute Gasteiger partial charge is 0.327 e. The highest BCUT2D eigenvalue weighted by molar-refractivity contribution is 6.07. The van der Waals surface area contributed by atoms with Gasteiger partial charge in [-0.2, -0.15) is 0 Å². The number of nitrogens with one attached hydrogen (secondary N) is 2. The molecule has 3 heterocycles. The molecule has 5 amide bonds. The summed E-state index contributed by atoms with van der Waals surface area (Å²) in [6, 6.07) is 4.17. The van der Waals surface area contributed by atoms with Gasteiger partial charge in [-0.05, 0) is 61.2 Å². The van der Waals surface area contributed by atoms with E-state index in [1.807, 2.05) is 18.2 Å². The van der Waals surface area contributed by atoms with Gasteiger partial charge in [0.25, 0.3) is 0 Å². The maximum atomic E-state index is 13.2. The summed E-state index contributed by atoms with van der Waals surface area (Å²) < 4.78 is 0. The summed E-state index contributed by atoms with van der Waals surface area (Å²) in [5.74, 6) is -1.40. The number of rotatable bonds is 6. The summed E-state index contributed by atoms with van der Waals surface area (Å²) in [7, 11) is 0. The molecular weight excluding hydrogens is 486 g/mol. The molecule has 3 fully saturated rings. The molecule has 3 aliphatic rings. The molecule has 0 aliphatic carbocycles. The molecule has 1 aromatic carbocycles. The molecule has 0 unspecified atom stereocenters. The average molecular weight is 528 g/mol. The minimum atomic E-state index is -1.14. The summed E-state index contributed by atoms with van der Waals surface area (Å²) >= 11 is 0. The molecule has 0 saturated carbocycles. The lowest BCUT2D eigenvalue weighted by atomic mass is 9.78. The SMILES string of the molecule is CC(C)c1cccc(C(C)C)c1NC(=O)N1CCN(C(=O)N2C(=O)[C@H](CC3CCNCC3)[C@H]2C(=O)O)CC1. The Hall–Kier alpha value is -3.14. The van der Waals surface area contributed by atoms with Crippen LogP contribution in [0.3, 0.4) is 0 Å². The van der Waals surface area contributed by atoms with Crippen molar-refractivity contribution in [2.45, 2.75) is 64.8 Å². The Kier molecular flexibility index (Phi) is 8.60. The van der Waals surface area contributed by atoms with E-state index in [1.165, 1.54) is 4.90 Å². The highest BCUT2D eigenvalue weighted by Gasteiger charge is 2.56. The Balaban J connectivity index is 1.36. The van der Waals surface area contributed by atoms with Gasteiger partial charge in [0.05, 0.1) is 5.92 Å². The number of piperidine rings is 1. The number of benzene rings is 1. The van der Waals surface area contributed by atoms with Crippen molar-refractivity contribution < 1.29 is 24.3 Å². The topological polar surface area (TPSA) is 122 Å². The zero-order valence-corrected chi connectivity index (χ0v) is 22.9. The van der Waals surface area contributed by atoms with Crippen LogP contribution in [0.2, 0.25) is 0 Å². The second kappa shape index (κ2) is 11.7. The molecule has 4 rings (SSSR count). The lowest BCUT2D eigenvalue weighted by Crippen LogP contribution is -2.69. The standard InChI is InChI=1S/C28H41N5O5/c1-17(2)20-6-5-7-21(18(3)4)23(20)30-27(37)31-12-14-32(15-13-31)28(38)33-24(26(35)36)22(25(33)34)16-19-8-10-29-11-9-19/h5-7,17-19,22,24,29H,8-16H2,1-4H3,(H,30,37)(H,35,36)/t22-,24+/m1/s1. The first-order valence-electron chi connectivity index (χ1n) is 13.8. The number of anilines is 1. The van der Waals surface area contributed by atoms with E-state index in [0.29, 0.717) is 25.4 Å². The Morgan fingerprint density at radius 2 is 1.53 bits per heavy atom. The molecule has 0 radical (unpaired) electrons. The molecule has 208 valence electrons. The van der Waals surface area contributed by atoms with Crippen molar-refractivity contribution >= 4 is 29.6 Å². The molecule has 3 aliphatic heterocycles. The molecule has 3 saturated heterocycles. The Morgan fingerprint density at radius 1 is 0.974 bits per heavy atom. The fraction of sp³-hybridized carbons (Fsp3) is 0.643. The molecule has 3 N–H and O–H groups in total. The number of carbonyl (C=O) groups excluding carboxylic acids is 3. The van der Waals surface area contributed by atoms with Crippen molar-refractivity contribution in [3.05, 3.63) is 29.3 Å². The van der Waals surface area contributed by atoms with Gasteiger partial charge in [0.2, 0.25) is 5.91 Å². The number of carboxylic acid groups (broad SMARTS) is 1. The van der Waals surface area contributed by atoms with E-state index in [0.717, 1.165) is 47.6 Å². The van der Waals surface area contributed by atoms with Gasteiger partial charge in [0, 0.05) is 31.9 Å². The Morgan fingerprint density at radius 3 is 2.05 bits per heavy atom. The van der Waals surface area contributed by atoms with E-state index in [-0.39, 0.29) is 31.0 Å². The van der Waals surface area contributed by atoms with E-state index in [2.05, 4.69) is 38.3 Å². The summed E-state index contributed by atoms with van der Waals surface area (Å²) in [5, 5.41) is 16.2. The van der Waals surface area contributed by atoms with Gasteiger partial charge < -0.3 is 25.5 Å². The largest absolute Gasteiger partial charge is 0.480 e. The number of urea groups is 2. The van der Waals surface area contributed by atoms with E-state index in [1.54, 1.807) is 4.90 Å². The van der Waals surface area contributed by atoms with Crippen molar-refractivity contribution in [2.24, 2.45) is 11.8 Å². The number of para-hydroxylation sites is 1. The van der Waals surface area contributed by atoms with Crippen LogP contribution in [0.5, 0.6) is 0 Å². The predicted molar refractivity (Wildman–Crippen MR) is 144 cm³/mol. The van der Waals surface area contributed by atoms with Crippen molar-refractivity contribution in [3.8, 4) is 0 Å². The Labute approximate surface area is 224 Å². The maximum absolute atomic E-state index is 13.2. The van der Waals surface area contributed by atoms with Gasteiger partial charge in [-0.15, -0.1) is 0 Å². The van der Waals surface area contributed by atoms with Crippen molar-refractivity contribution in [1.29, 1.82) is 0 Å². The highest BCUT2D eigenvalue weighted by Crippen LogP contribution is 2.36. The lowest BCUT2D eigenvalue weighted by Gasteiger charge is -2.47. The fourth-order valence-electron chi connectivity index (χ4n) is 5.89. The third-order valence-corrected chi connectivity index (χ3v) is 8.16. The number of likely N-dealkylation sites (tertiary alicyclic amines) is 1. The molecule has 38 heavy (non-hydrogen) atoms. The summed E-state index contributed by atoms with van der Waals surface area (Å²) in [6.07, 6.45) is 2.33. The molecule has 1 aromatic rings. The third-order valence-electron chi connectivity index (χ3n) is 8.16. The van der Waals surface area contributed by atoms with Crippen LogP contribution in [0.4, 0.5) is 15.3 Å². The lowest BCUT2D eigenvalue weighted by molar-refractivity contribution is -0.167. The molecule has 0 bridgehead atoms. The first-order chi connectivity index (χ1) is 18.1. The van der Waals surface area contributed by atoms with Crippen molar-refractivity contribution in [1.82, 2.24) is 20.0 Å². The molecule has 2 atom stereocenters. The highest BCUT2D eigenvalue weighted by atomic mass is 16.4. The number of carbonyl (C=O) groups is 4. The summed E-state index contributed by atoms with van der Waals surface area (Å²) in [6.45, 7) is 11.2. The maximum Gasteiger partial charge on any atom is 0.327 e. The zero-order chi connectivity index (χ0) is 27.6. The summed E-state index contributed by atoms with van der Waals surface area (Å²) in [4.78, 5) is 55.4. The van der Waals surface area contributed by atoms with Gasteiger partial charge in [-0.3, -0.25) is 4.79 Å². The van der Waals surface area contributed by atoms with E-state index in [4.69, 9.17) is 0 Å². The number of aliphatic carboxylic acids is 1. The normalized spacial score (nSPS) is 22.6. The number of imide groups is 1. The van der Waals surface area contributed by atoms with Gasteiger partial charge in [0.15, 0.2) is 6.04 Å². The van der Waals surface area contributed by atoms with Gasteiger partial charge in [0.1, 0.15) is 0 Å².